The molecule has 0 unspecified atom stereocenters. The van der Waals surface area contributed by atoms with Gasteiger partial charge in [0.1, 0.15) is 0 Å². The Hall–Kier alpha value is -0.0800. The summed E-state index contributed by atoms with van der Waals surface area (Å²) < 4.78 is 0. The molecule has 0 bridgehead atoms. The van der Waals surface area contributed by atoms with Crippen molar-refractivity contribution in [1.29, 1.82) is 0 Å². The van der Waals surface area contributed by atoms with E-state index in [4.69, 9.17) is 5.73 Å². The van der Waals surface area contributed by atoms with Crippen molar-refractivity contribution in [2.24, 2.45) is 11.7 Å². The van der Waals surface area contributed by atoms with Crippen LogP contribution >= 0.6 is 0 Å². The molecule has 1 fully saturated rings. The van der Waals surface area contributed by atoms with Gasteiger partial charge in [0.25, 0.3) is 0 Å². The molecule has 1 aliphatic rings. The minimum absolute atomic E-state index is 0.804. The molecule has 1 saturated carbocycles. The highest BCUT2D eigenvalue weighted by Gasteiger charge is 2.15. The second kappa shape index (κ2) is 6.39. The zero-order valence-electron chi connectivity index (χ0n) is 8.97. The van der Waals surface area contributed by atoms with Crippen LogP contribution in [0.25, 0.3) is 0 Å². The molecule has 0 aliphatic heterocycles. The summed E-state index contributed by atoms with van der Waals surface area (Å²) in [6, 6.07) is 0. The molecule has 1 aliphatic carbocycles. The normalized spacial score (nSPS) is 18.7. The summed E-state index contributed by atoms with van der Waals surface area (Å²) in [6.45, 7) is 6.52. The fraction of sp³-hybridized carbons (Fsp3) is 1.00. The monoisotopic (exact) mass is 184 g/mol. The fourth-order valence-corrected chi connectivity index (χ4v) is 2.27. The van der Waals surface area contributed by atoms with Crippen LogP contribution in [0.15, 0.2) is 0 Å². The summed E-state index contributed by atoms with van der Waals surface area (Å²) in [6.07, 6.45) is 7.27. The van der Waals surface area contributed by atoms with Crippen molar-refractivity contribution in [3.05, 3.63) is 0 Å². The van der Waals surface area contributed by atoms with E-state index in [2.05, 4.69) is 11.8 Å². The Bertz CT molecular complexity index is 119. The summed E-state index contributed by atoms with van der Waals surface area (Å²) >= 11 is 0. The van der Waals surface area contributed by atoms with E-state index >= 15 is 0 Å². The first kappa shape index (κ1) is 11.0. The standard InChI is InChI=1S/C11H24N2/c1-2-13(10-8-12)9-7-11-5-3-4-6-11/h11H,2-10,12H2,1H3. The van der Waals surface area contributed by atoms with E-state index in [1.165, 1.54) is 38.6 Å². The van der Waals surface area contributed by atoms with Gasteiger partial charge >= 0.3 is 0 Å². The first-order chi connectivity index (χ1) is 6.36. The maximum atomic E-state index is 5.55. The highest BCUT2D eigenvalue weighted by Crippen LogP contribution is 2.27. The zero-order chi connectivity index (χ0) is 9.52. The fourth-order valence-electron chi connectivity index (χ4n) is 2.27. The number of nitrogens with zero attached hydrogens (tertiary/aromatic N) is 1. The van der Waals surface area contributed by atoms with E-state index < -0.39 is 0 Å². The third-order valence-corrected chi connectivity index (χ3v) is 3.22. The van der Waals surface area contributed by atoms with Crippen LogP contribution in [0.5, 0.6) is 0 Å². The van der Waals surface area contributed by atoms with Crippen molar-refractivity contribution in [1.82, 2.24) is 4.90 Å². The molecule has 0 aromatic rings. The predicted molar refractivity (Wildman–Crippen MR) is 57.7 cm³/mol. The molecule has 0 amide bonds. The van der Waals surface area contributed by atoms with Crippen molar-refractivity contribution in [3.63, 3.8) is 0 Å². The quantitative estimate of drug-likeness (QED) is 0.682. The molecule has 0 aromatic heterocycles. The molecule has 0 saturated heterocycles. The summed E-state index contributed by atoms with van der Waals surface area (Å²) in [5.41, 5.74) is 5.55. The lowest BCUT2D eigenvalue weighted by Gasteiger charge is -2.21. The van der Waals surface area contributed by atoms with E-state index in [-0.39, 0.29) is 0 Å². The largest absolute Gasteiger partial charge is 0.329 e. The minimum Gasteiger partial charge on any atom is -0.329 e. The lowest BCUT2D eigenvalue weighted by atomic mass is 10.0. The zero-order valence-corrected chi connectivity index (χ0v) is 8.97. The third-order valence-electron chi connectivity index (χ3n) is 3.22. The molecular weight excluding hydrogens is 160 g/mol. The van der Waals surface area contributed by atoms with Crippen LogP contribution < -0.4 is 5.73 Å². The number of likely N-dealkylation sites (N-methyl/N-ethyl adjacent to an activating group) is 1. The average Bonchev–Trinajstić information content (AvgIpc) is 2.64. The van der Waals surface area contributed by atoms with E-state index in [1.54, 1.807) is 0 Å². The van der Waals surface area contributed by atoms with Gasteiger partial charge in [-0.25, -0.2) is 0 Å². The van der Waals surface area contributed by atoms with E-state index in [0.717, 1.165) is 25.6 Å². The maximum absolute atomic E-state index is 5.55. The van der Waals surface area contributed by atoms with Crippen molar-refractivity contribution >= 4 is 0 Å². The SMILES string of the molecule is CCN(CCN)CCC1CCCC1. The van der Waals surface area contributed by atoms with Crippen LogP contribution in [-0.4, -0.2) is 31.1 Å². The van der Waals surface area contributed by atoms with Crippen LogP contribution in [0.1, 0.15) is 39.0 Å². The van der Waals surface area contributed by atoms with Gasteiger partial charge in [0.2, 0.25) is 0 Å². The Morgan fingerprint density at radius 3 is 2.46 bits per heavy atom. The van der Waals surface area contributed by atoms with Crippen molar-refractivity contribution in [2.75, 3.05) is 26.2 Å². The molecule has 0 radical (unpaired) electrons. The number of hydrogen-bond acceptors (Lipinski definition) is 2. The van der Waals surface area contributed by atoms with E-state index in [1.807, 2.05) is 0 Å². The van der Waals surface area contributed by atoms with Crippen LogP contribution in [0.2, 0.25) is 0 Å². The molecular formula is C11H24N2. The van der Waals surface area contributed by atoms with Crippen LogP contribution in [0.3, 0.4) is 0 Å². The molecule has 1 rings (SSSR count). The highest BCUT2D eigenvalue weighted by molar-refractivity contribution is 4.69. The lowest BCUT2D eigenvalue weighted by molar-refractivity contribution is 0.270. The second-order valence-electron chi connectivity index (χ2n) is 4.16. The number of hydrogen-bond donors (Lipinski definition) is 1. The van der Waals surface area contributed by atoms with E-state index in [0.29, 0.717) is 0 Å². The van der Waals surface area contributed by atoms with Crippen molar-refractivity contribution in [2.45, 2.75) is 39.0 Å². The van der Waals surface area contributed by atoms with Gasteiger partial charge in [-0.15, -0.1) is 0 Å². The summed E-state index contributed by atoms with van der Waals surface area (Å²) in [5, 5.41) is 0. The van der Waals surface area contributed by atoms with Gasteiger partial charge in [0, 0.05) is 13.1 Å². The van der Waals surface area contributed by atoms with Gasteiger partial charge in [0.15, 0.2) is 0 Å². The van der Waals surface area contributed by atoms with Crippen molar-refractivity contribution < 1.29 is 0 Å². The topological polar surface area (TPSA) is 29.3 Å². The maximum Gasteiger partial charge on any atom is 0.0104 e. The smallest absolute Gasteiger partial charge is 0.0104 e. The van der Waals surface area contributed by atoms with E-state index in [9.17, 15) is 0 Å². The molecule has 0 spiro atoms. The second-order valence-corrected chi connectivity index (χ2v) is 4.16. The summed E-state index contributed by atoms with van der Waals surface area (Å²) in [5.74, 6) is 1.02. The van der Waals surface area contributed by atoms with Gasteiger partial charge < -0.3 is 10.6 Å². The predicted octanol–water partition coefficient (Wildman–Crippen LogP) is 1.85. The minimum atomic E-state index is 0.804. The number of rotatable bonds is 6. The average molecular weight is 184 g/mol. The first-order valence-corrected chi connectivity index (χ1v) is 5.79. The molecule has 2 N–H and O–H groups in total. The van der Waals surface area contributed by atoms with Gasteiger partial charge in [-0.05, 0) is 25.4 Å². The summed E-state index contributed by atoms with van der Waals surface area (Å²) in [7, 11) is 0. The lowest BCUT2D eigenvalue weighted by Crippen LogP contribution is -2.31. The molecule has 0 aromatic carbocycles. The highest BCUT2D eigenvalue weighted by atomic mass is 15.1. The van der Waals surface area contributed by atoms with Gasteiger partial charge in [-0.3, -0.25) is 0 Å². The Kier molecular flexibility index (Phi) is 5.40. The number of nitrogens with two attached hydrogens (primary N) is 1. The van der Waals surface area contributed by atoms with Crippen LogP contribution in [0, 0.1) is 5.92 Å². The van der Waals surface area contributed by atoms with Crippen LogP contribution in [-0.2, 0) is 0 Å². The first-order valence-electron chi connectivity index (χ1n) is 5.79. The molecule has 2 nitrogen and oxygen atoms in total. The van der Waals surface area contributed by atoms with Gasteiger partial charge in [0.05, 0.1) is 0 Å². The summed E-state index contributed by atoms with van der Waals surface area (Å²) in [4.78, 5) is 2.47. The Labute approximate surface area is 82.5 Å². The Morgan fingerprint density at radius 1 is 1.23 bits per heavy atom. The van der Waals surface area contributed by atoms with Gasteiger partial charge in [-0.2, -0.15) is 0 Å². The Morgan fingerprint density at radius 2 is 1.92 bits per heavy atom. The molecule has 0 heterocycles. The Balaban J connectivity index is 2.07. The van der Waals surface area contributed by atoms with Gasteiger partial charge in [-0.1, -0.05) is 32.6 Å². The molecule has 2 heteroatoms. The van der Waals surface area contributed by atoms with Crippen LogP contribution in [0.4, 0.5) is 0 Å². The third kappa shape index (κ3) is 4.10. The molecule has 0 atom stereocenters. The molecule has 78 valence electrons. The van der Waals surface area contributed by atoms with Crippen molar-refractivity contribution in [3.8, 4) is 0 Å². The molecule has 13 heavy (non-hydrogen) atoms.